The lowest BCUT2D eigenvalue weighted by atomic mass is 9.63. The summed E-state index contributed by atoms with van der Waals surface area (Å²) in [6.07, 6.45) is 0.495. The molecule has 2 rings (SSSR count). The van der Waals surface area contributed by atoms with Crippen molar-refractivity contribution in [3.8, 4) is 0 Å². The Balaban J connectivity index is 2.48. The molecule has 2 atom stereocenters. The van der Waals surface area contributed by atoms with E-state index in [4.69, 9.17) is 0 Å². The number of benzene rings is 1. The number of nitrogens with one attached hydrogen (secondary N) is 1. The van der Waals surface area contributed by atoms with E-state index in [0.717, 1.165) is 18.2 Å². The molecule has 0 aliphatic heterocycles. The first kappa shape index (κ1) is 21.7. The van der Waals surface area contributed by atoms with Gasteiger partial charge in [-0.25, -0.2) is 4.79 Å². The molecule has 29 heavy (non-hydrogen) atoms. The summed E-state index contributed by atoms with van der Waals surface area (Å²) in [4.78, 5) is 43.9. The van der Waals surface area contributed by atoms with Crippen LogP contribution in [0.2, 0.25) is 0 Å². The van der Waals surface area contributed by atoms with Gasteiger partial charge in [-0.15, -0.1) is 0 Å². The van der Waals surface area contributed by atoms with Crippen LogP contribution in [-0.4, -0.2) is 37.7 Å². The predicted molar refractivity (Wildman–Crippen MR) is 101 cm³/mol. The second kappa shape index (κ2) is 7.45. The molecular weight excluding hydrogens is 388 g/mol. The Morgan fingerprint density at radius 2 is 1.79 bits per heavy atom. The Morgan fingerprint density at radius 3 is 2.24 bits per heavy atom. The second-order valence-electron chi connectivity index (χ2n) is 7.58. The minimum absolute atomic E-state index is 0.228. The van der Waals surface area contributed by atoms with Gasteiger partial charge in [0.05, 0.1) is 21.8 Å². The number of aliphatic carboxylic acids is 2. The Morgan fingerprint density at radius 1 is 1.17 bits per heavy atom. The molecule has 0 bridgehead atoms. The van der Waals surface area contributed by atoms with E-state index in [9.17, 15) is 40.0 Å². The van der Waals surface area contributed by atoms with Crippen molar-refractivity contribution in [2.24, 2.45) is 21.8 Å². The molecule has 12 heteroatoms. The number of hydrogen-bond donors (Lipinski definition) is 3. The molecular formula is C17H20N4O8. The zero-order valence-electron chi connectivity index (χ0n) is 15.9. The fraction of sp³-hybridized carbons (Fsp3) is 0.471. The van der Waals surface area contributed by atoms with Gasteiger partial charge in [0.25, 0.3) is 5.69 Å². The molecule has 1 aliphatic carbocycles. The minimum atomic E-state index is -1.40. The summed E-state index contributed by atoms with van der Waals surface area (Å²) < 4.78 is 0. The minimum Gasteiger partial charge on any atom is -0.481 e. The van der Waals surface area contributed by atoms with E-state index in [1.807, 2.05) is 0 Å². The maximum Gasteiger partial charge on any atom is 0.352 e. The molecule has 12 nitrogen and oxygen atoms in total. The highest BCUT2D eigenvalue weighted by molar-refractivity contribution is 6.38. The van der Waals surface area contributed by atoms with Crippen LogP contribution in [0.25, 0.3) is 0 Å². The van der Waals surface area contributed by atoms with Gasteiger partial charge in [0.1, 0.15) is 5.69 Å². The van der Waals surface area contributed by atoms with Gasteiger partial charge in [-0.2, -0.15) is 5.10 Å². The van der Waals surface area contributed by atoms with E-state index < -0.39 is 49.9 Å². The van der Waals surface area contributed by atoms with Gasteiger partial charge < -0.3 is 10.2 Å². The lowest BCUT2D eigenvalue weighted by Crippen LogP contribution is -2.46. The SMILES string of the molecule is CC1(C)[C@H](C(=O)O)CC[C@@]1(C)/C(=N/Nc1ccc([N+](=O)[O-])cc1[N+](=O)[O-])C(=O)O. The van der Waals surface area contributed by atoms with Crippen LogP contribution in [-0.2, 0) is 9.59 Å². The first-order valence-electron chi connectivity index (χ1n) is 8.56. The molecule has 0 radical (unpaired) electrons. The number of anilines is 1. The average molecular weight is 408 g/mol. The summed E-state index contributed by atoms with van der Waals surface area (Å²) in [5.41, 5.74) is -1.52. The molecule has 0 amide bonds. The highest BCUT2D eigenvalue weighted by Gasteiger charge is 2.58. The van der Waals surface area contributed by atoms with E-state index in [1.54, 1.807) is 20.8 Å². The monoisotopic (exact) mass is 408 g/mol. The van der Waals surface area contributed by atoms with Crippen molar-refractivity contribution in [2.45, 2.75) is 33.6 Å². The van der Waals surface area contributed by atoms with E-state index in [2.05, 4.69) is 10.5 Å². The Kier molecular flexibility index (Phi) is 5.58. The van der Waals surface area contributed by atoms with Crippen molar-refractivity contribution in [1.29, 1.82) is 0 Å². The molecule has 0 saturated heterocycles. The van der Waals surface area contributed by atoms with Gasteiger partial charge in [-0.3, -0.25) is 30.4 Å². The number of nitrogens with zero attached hydrogens (tertiary/aromatic N) is 3. The van der Waals surface area contributed by atoms with Crippen LogP contribution >= 0.6 is 0 Å². The molecule has 1 aromatic carbocycles. The summed E-state index contributed by atoms with van der Waals surface area (Å²) >= 11 is 0. The number of rotatable bonds is 7. The number of carboxylic acids is 2. The van der Waals surface area contributed by atoms with Crippen molar-refractivity contribution in [1.82, 2.24) is 0 Å². The summed E-state index contributed by atoms with van der Waals surface area (Å²) in [5, 5.41) is 45.0. The summed E-state index contributed by atoms with van der Waals surface area (Å²) in [6.45, 7) is 4.88. The van der Waals surface area contributed by atoms with E-state index in [0.29, 0.717) is 0 Å². The zero-order valence-corrected chi connectivity index (χ0v) is 15.9. The van der Waals surface area contributed by atoms with Crippen molar-refractivity contribution < 1.29 is 29.6 Å². The average Bonchev–Trinajstić information content (AvgIpc) is 2.84. The molecule has 1 saturated carbocycles. The molecule has 1 aliphatic rings. The lowest BCUT2D eigenvalue weighted by Gasteiger charge is -2.39. The maximum absolute atomic E-state index is 11.9. The normalized spacial score (nSPS) is 23.4. The van der Waals surface area contributed by atoms with Gasteiger partial charge in [0, 0.05) is 11.5 Å². The summed E-state index contributed by atoms with van der Waals surface area (Å²) in [5.74, 6) is -3.23. The van der Waals surface area contributed by atoms with E-state index in [1.165, 1.54) is 0 Å². The Bertz CT molecular complexity index is 926. The first-order chi connectivity index (χ1) is 13.3. The number of carboxylic acid groups (broad SMARTS) is 2. The Labute approximate surface area is 164 Å². The van der Waals surface area contributed by atoms with Crippen LogP contribution in [0.4, 0.5) is 17.1 Å². The zero-order chi connectivity index (χ0) is 22.1. The smallest absolute Gasteiger partial charge is 0.352 e. The predicted octanol–water partition coefficient (Wildman–Crippen LogP) is 2.88. The molecule has 0 unspecified atom stereocenters. The van der Waals surface area contributed by atoms with Crippen molar-refractivity contribution in [3.05, 3.63) is 38.4 Å². The first-order valence-corrected chi connectivity index (χ1v) is 8.56. The van der Waals surface area contributed by atoms with Gasteiger partial charge in [-0.1, -0.05) is 20.8 Å². The molecule has 1 fully saturated rings. The number of non-ortho nitro benzene ring substituents is 1. The van der Waals surface area contributed by atoms with Gasteiger partial charge >= 0.3 is 17.6 Å². The number of carbonyl (C=O) groups is 2. The summed E-state index contributed by atoms with van der Waals surface area (Å²) in [6, 6.07) is 2.81. The number of hydrazone groups is 1. The third-order valence-electron chi connectivity index (χ3n) is 5.93. The van der Waals surface area contributed by atoms with E-state index in [-0.39, 0.29) is 24.2 Å². The Hall–Kier alpha value is -3.57. The van der Waals surface area contributed by atoms with Crippen LogP contribution in [0.3, 0.4) is 0 Å². The molecule has 0 heterocycles. The van der Waals surface area contributed by atoms with Crippen molar-refractivity contribution in [2.75, 3.05) is 5.43 Å². The third-order valence-corrected chi connectivity index (χ3v) is 5.93. The standard InChI is InChI=1S/C17H20N4O8/c1-16(2)10(14(22)23)6-7-17(16,3)13(15(24)25)19-18-11-5-4-9(20(26)27)8-12(11)21(28)29/h4-5,8,10,18H,6-7H2,1-3H3,(H,22,23)(H,24,25)/b19-13+/t10-,17-/m0/s1. The molecule has 0 aromatic heterocycles. The lowest BCUT2D eigenvalue weighted by molar-refractivity contribution is -0.393. The topological polar surface area (TPSA) is 185 Å². The fourth-order valence-corrected chi connectivity index (χ4v) is 3.76. The van der Waals surface area contributed by atoms with Gasteiger partial charge in [0.2, 0.25) is 0 Å². The fourth-order valence-electron chi connectivity index (χ4n) is 3.76. The van der Waals surface area contributed by atoms with Gasteiger partial charge in [0.15, 0.2) is 5.71 Å². The van der Waals surface area contributed by atoms with Crippen LogP contribution in [0.5, 0.6) is 0 Å². The van der Waals surface area contributed by atoms with Crippen LogP contribution in [0, 0.1) is 37.0 Å². The highest BCUT2D eigenvalue weighted by atomic mass is 16.6. The largest absolute Gasteiger partial charge is 0.481 e. The molecule has 3 N–H and O–H groups in total. The second-order valence-corrected chi connectivity index (χ2v) is 7.58. The quantitative estimate of drug-likeness (QED) is 0.346. The maximum atomic E-state index is 11.9. The third kappa shape index (κ3) is 3.73. The molecule has 0 spiro atoms. The highest BCUT2D eigenvalue weighted by Crippen LogP contribution is 2.56. The van der Waals surface area contributed by atoms with Crippen LogP contribution in [0.15, 0.2) is 23.3 Å². The molecule has 1 aromatic rings. The van der Waals surface area contributed by atoms with E-state index >= 15 is 0 Å². The van der Waals surface area contributed by atoms with Crippen LogP contribution in [0.1, 0.15) is 33.6 Å². The van der Waals surface area contributed by atoms with Crippen LogP contribution < -0.4 is 5.43 Å². The van der Waals surface area contributed by atoms with Crippen molar-refractivity contribution >= 4 is 34.7 Å². The molecule has 156 valence electrons. The number of hydrogen-bond acceptors (Lipinski definition) is 8. The summed E-state index contributed by atoms with van der Waals surface area (Å²) in [7, 11) is 0. The van der Waals surface area contributed by atoms with Gasteiger partial charge in [-0.05, 0) is 24.3 Å². The number of nitro benzene ring substituents is 2. The number of nitro groups is 2. The van der Waals surface area contributed by atoms with Crippen molar-refractivity contribution in [3.63, 3.8) is 0 Å².